The predicted octanol–water partition coefficient (Wildman–Crippen LogP) is 5.22. The van der Waals surface area contributed by atoms with Crippen molar-refractivity contribution in [2.24, 2.45) is 13.0 Å². The average Bonchev–Trinajstić information content (AvgIpc) is 3.28. The van der Waals surface area contributed by atoms with Gasteiger partial charge in [0.05, 0.1) is 0 Å². The van der Waals surface area contributed by atoms with Crippen molar-refractivity contribution in [3.63, 3.8) is 0 Å². The van der Waals surface area contributed by atoms with Gasteiger partial charge in [0, 0.05) is 54.6 Å². The first-order valence-electron chi connectivity index (χ1n) is 11.4. The fraction of sp³-hybridized carbons (Fsp3) is 0.222. The summed E-state index contributed by atoms with van der Waals surface area (Å²) in [4.78, 5) is 33.3. The van der Waals surface area contributed by atoms with Gasteiger partial charge in [-0.15, -0.1) is 0 Å². The monoisotopic (exact) mass is 470 g/mol. The highest BCUT2D eigenvalue weighted by Gasteiger charge is 2.28. The van der Waals surface area contributed by atoms with Crippen LogP contribution in [-0.2, 0) is 11.8 Å². The van der Waals surface area contributed by atoms with E-state index in [9.17, 15) is 9.59 Å². The SMILES string of the molecule is Cn1ccnc1Sc1ccc(NC(=O)C2CCN(C(=O)c3cccc4ccccc34)CC2)cc1. The van der Waals surface area contributed by atoms with Crippen molar-refractivity contribution in [3.05, 3.63) is 84.7 Å². The molecule has 1 aromatic heterocycles. The minimum atomic E-state index is -0.0989. The number of nitrogens with zero attached hydrogens (tertiary/aromatic N) is 3. The first-order valence-corrected chi connectivity index (χ1v) is 12.2. The van der Waals surface area contributed by atoms with E-state index in [4.69, 9.17) is 0 Å². The number of aryl methyl sites for hydroxylation is 1. The molecular formula is C27H26N4O2S. The van der Waals surface area contributed by atoms with Gasteiger partial charge in [-0.2, -0.15) is 0 Å². The first-order chi connectivity index (χ1) is 16.6. The van der Waals surface area contributed by atoms with Crippen molar-refractivity contribution in [3.8, 4) is 0 Å². The second-order valence-electron chi connectivity index (χ2n) is 8.53. The molecule has 1 fully saturated rings. The maximum absolute atomic E-state index is 13.2. The maximum Gasteiger partial charge on any atom is 0.254 e. The summed E-state index contributed by atoms with van der Waals surface area (Å²) < 4.78 is 1.97. The molecule has 172 valence electrons. The third-order valence-electron chi connectivity index (χ3n) is 6.28. The third kappa shape index (κ3) is 4.70. The van der Waals surface area contributed by atoms with E-state index in [0.29, 0.717) is 25.9 Å². The Morgan fingerprint density at radius 2 is 1.71 bits per heavy atom. The number of likely N-dealkylation sites (tertiary alicyclic amines) is 1. The summed E-state index contributed by atoms with van der Waals surface area (Å²) in [5, 5.41) is 5.99. The number of amides is 2. The molecule has 0 aliphatic carbocycles. The van der Waals surface area contributed by atoms with E-state index in [1.807, 2.05) is 89.4 Å². The maximum atomic E-state index is 13.2. The number of rotatable bonds is 5. The van der Waals surface area contributed by atoms with Gasteiger partial charge < -0.3 is 14.8 Å². The summed E-state index contributed by atoms with van der Waals surface area (Å²) in [7, 11) is 1.96. The fourth-order valence-corrected chi connectivity index (χ4v) is 5.13. The van der Waals surface area contributed by atoms with Crippen molar-refractivity contribution in [1.29, 1.82) is 0 Å². The van der Waals surface area contributed by atoms with Crippen LogP contribution in [0.25, 0.3) is 10.8 Å². The molecule has 0 saturated carbocycles. The summed E-state index contributed by atoms with van der Waals surface area (Å²) in [5.41, 5.74) is 1.51. The van der Waals surface area contributed by atoms with Gasteiger partial charge in [-0.05, 0) is 53.9 Å². The van der Waals surface area contributed by atoms with Gasteiger partial charge in [0.25, 0.3) is 5.91 Å². The lowest BCUT2D eigenvalue weighted by molar-refractivity contribution is -0.121. The molecule has 1 N–H and O–H groups in total. The number of hydrogen-bond donors (Lipinski definition) is 1. The number of benzene rings is 3. The summed E-state index contributed by atoms with van der Waals surface area (Å²) in [6.07, 6.45) is 5.01. The van der Waals surface area contributed by atoms with E-state index in [2.05, 4.69) is 10.3 Å². The van der Waals surface area contributed by atoms with Gasteiger partial charge in [0.1, 0.15) is 0 Å². The van der Waals surface area contributed by atoms with Crippen LogP contribution < -0.4 is 5.32 Å². The van der Waals surface area contributed by atoms with E-state index in [0.717, 1.165) is 32.1 Å². The molecule has 1 saturated heterocycles. The van der Waals surface area contributed by atoms with E-state index in [1.54, 1.807) is 18.0 Å². The molecule has 0 radical (unpaired) electrons. The molecule has 3 aromatic carbocycles. The number of aromatic nitrogens is 2. The minimum absolute atomic E-state index is 0.0155. The van der Waals surface area contributed by atoms with Gasteiger partial charge in [0.15, 0.2) is 5.16 Å². The van der Waals surface area contributed by atoms with E-state index >= 15 is 0 Å². The molecule has 4 aromatic rings. The molecule has 2 amide bonds. The van der Waals surface area contributed by atoms with E-state index in [-0.39, 0.29) is 17.7 Å². The van der Waals surface area contributed by atoms with Gasteiger partial charge in [-0.1, -0.05) is 48.2 Å². The predicted molar refractivity (Wildman–Crippen MR) is 135 cm³/mol. The lowest BCUT2D eigenvalue weighted by atomic mass is 9.94. The van der Waals surface area contributed by atoms with Crippen molar-refractivity contribution >= 4 is 40.0 Å². The molecule has 5 rings (SSSR count). The number of anilines is 1. The summed E-state index contributed by atoms with van der Waals surface area (Å²) >= 11 is 1.58. The van der Waals surface area contributed by atoms with Gasteiger partial charge >= 0.3 is 0 Å². The Balaban J connectivity index is 1.17. The number of piperidine rings is 1. The summed E-state index contributed by atoms with van der Waals surface area (Å²) in [6.45, 7) is 1.17. The largest absolute Gasteiger partial charge is 0.339 e. The summed E-state index contributed by atoms with van der Waals surface area (Å²) in [6, 6.07) is 21.6. The molecule has 1 aliphatic heterocycles. The zero-order valence-corrected chi connectivity index (χ0v) is 19.8. The van der Waals surface area contributed by atoms with Crippen LogP contribution in [0.4, 0.5) is 5.69 Å². The Bertz CT molecular complexity index is 1320. The van der Waals surface area contributed by atoms with Crippen molar-refractivity contribution < 1.29 is 9.59 Å². The van der Waals surface area contributed by atoms with Crippen LogP contribution in [0.2, 0.25) is 0 Å². The van der Waals surface area contributed by atoms with Gasteiger partial charge in [-0.25, -0.2) is 4.98 Å². The van der Waals surface area contributed by atoms with Crippen LogP contribution in [-0.4, -0.2) is 39.4 Å². The van der Waals surface area contributed by atoms with Crippen molar-refractivity contribution in [2.45, 2.75) is 22.9 Å². The lowest BCUT2D eigenvalue weighted by Gasteiger charge is -2.31. The topological polar surface area (TPSA) is 67.2 Å². The number of imidazole rings is 1. The fourth-order valence-electron chi connectivity index (χ4n) is 4.33. The van der Waals surface area contributed by atoms with E-state index in [1.165, 1.54) is 0 Å². The van der Waals surface area contributed by atoms with Gasteiger partial charge in [-0.3, -0.25) is 9.59 Å². The highest BCUT2D eigenvalue weighted by molar-refractivity contribution is 7.99. The second kappa shape index (κ2) is 9.73. The average molecular weight is 471 g/mol. The molecule has 2 heterocycles. The Morgan fingerprint density at radius 1 is 0.971 bits per heavy atom. The van der Waals surface area contributed by atoms with Gasteiger partial charge in [0.2, 0.25) is 5.91 Å². The molecule has 0 bridgehead atoms. The van der Waals surface area contributed by atoms with Crippen LogP contribution >= 0.6 is 11.8 Å². The quantitative estimate of drug-likeness (QED) is 0.435. The minimum Gasteiger partial charge on any atom is -0.339 e. The highest BCUT2D eigenvalue weighted by atomic mass is 32.2. The highest BCUT2D eigenvalue weighted by Crippen LogP contribution is 2.28. The van der Waals surface area contributed by atoms with Crippen LogP contribution in [0.15, 0.2) is 89.2 Å². The Labute approximate surface area is 203 Å². The third-order valence-corrected chi connectivity index (χ3v) is 7.36. The summed E-state index contributed by atoms with van der Waals surface area (Å²) in [5.74, 6) is -0.0450. The molecule has 34 heavy (non-hydrogen) atoms. The van der Waals surface area contributed by atoms with Crippen LogP contribution in [0.1, 0.15) is 23.2 Å². The number of nitrogens with one attached hydrogen (secondary N) is 1. The lowest BCUT2D eigenvalue weighted by Crippen LogP contribution is -2.41. The van der Waals surface area contributed by atoms with Crippen LogP contribution in [0, 0.1) is 5.92 Å². The molecule has 0 spiro atoms. The van der Waals surface area contributed by atoms with Crippen LogP contribution in [0.3, 0.4) is 0 Å². The molecule has 7 heteroatoms. The Kier molecular flexibility index (Phi) is 6.36. The normalized spacial score (nSPS) is 14.3. The molecular weight excluding hydrogens is 444 g/mol. The van der Waals surface area contributed by atoms with E-state index < -0.39 is 0 Å². The molecule has 0 unspecified atom stereocenters. The number of fused-ring (bicyclic) bond motifs is 1. The molecule has 1 aliphatic rings. The Hall–Kier alpha value is -3.58. The zero-order valence-electron chi connectivity index (χ0n) is 19.0. The standard InChI is InChI=1S/C27H26N4O2S/c1-30-18-15-28-27(30)34-22-11-9-21(10-12-22)29-25(32)20-13-16-31(17-14-20)26(33)24-8-4-6-19-5-2-3-7-23(19)24/h2-12,15,18,20H,13-14,16-17H2,1H3,(H,29,32). The Morgan fingerprint density at radius 3 is 2.44 bits per heavy atom. The number of hydrogen-bond acceptors (Lipinski definition) is 4. The second-order valence-corrected chi connectivity index (χ2v) is 9.57. The first kappa shape index (κ1) is 22.2. The zero-order chi connectivity index (χ0) is 23.5. The smallest absolute Gasteiger partial charge is 0.254 e. The molecule has 6 nitrogen and oxygen atoms in total. The number of carbonyl (C=O) groups is 2. The van der Waals surface area contributed by atoms with Crippen LogP contribution in [0.5, 0.6) is 0 Å². The number of carbonyl (C=O) groups excluding carboxylic acids is 2. The van der Waals surface area contributed by atoms with Crippen molar-refractivity contribution in [2.75, 3.05) is 18.4 Å². The van der Waals surface area contributed by atoms with Crippen molar-refractivity contribution in [1.82, 2.24) is 14.5 Å². The molecule has 0 atom stereocenters.